The standard InChI is InChI=1S/C23H24N2O5S/c1-4-30-23(27)18-11-17-10-9-16-12-19(31(3,28)29)22(26)24-20(16)21(17)25(18)13-15-7-5-14(2)6-8-15/h5-8,11-12H,4,9-10,13H2,1-3H3,(H,24,26). The lowest BCUT2D eigenvalue weighted by Crippen LogP contribution is -2.22. The number of aromatic amines is 1. The molecule has 0 saturated carbocycles. The van der Waals surface area contributed by atoms with Crippen molar-refractivity contribution in [3.05, 3.63) is 74.7 Å². The quantitative estimate of drug-likeness (QED) is 0.615. The largest absolute Gasteiger partial charge is 0.461 e. The molecule has 0 spiro atoms. The fourth-order valence-corrected chi connectivity index (χ4v) is 4.75. The number of nitrogens with zero attached hydrogens (tertiary/aromatic N) is 1. The highest BCUT2D eigenvalue weighted by molar-refractivity contribution is 7.90. The van der Waals surface area contributed by atoms with Crippen LogP contribution in [0.3, 0.4) is 0 Å². The molecule has 8 heteroatoms. The second-order valence-electron chi connectivity index (χ2n) is 7.83. The first-order valence-electron chi connectivity index (χ1n) is 10.1. The number of aryl methyl sites for hydroxylation is 3. The van der Waals surface area contributed by atoms with Crippen molar-refractivity contribution in [1.29, 1.82) is 0 Å². The maximum absolute atomic E-state index is 12.7. The van der Waals surface area contributed by atoms with Crippen molar-refractivity contribution in [1.82, 2.24) is 9.55 Å². The molecule has 0 bridgehead atoms. The van der Waals surface area contributed by atoms with Gasteiger partial charge in [0, 0.05) is 12.8 Å². The van der Waals surface area contributed by atoms with Crippen molar-refractivity contribution in [2.24, 2.45) is 0 Å². The number of carbonyl (C=O) groups is 1. The smallest absolute Gasteiger partial charge is 0.354 e. The number of fused-ring (bicyclic) bond motifs is 3. The zero-order valence-electron chi connectivity index (χ0n) is 17.7. The lowest BCUT2D eigenvalue weighted by molar-refractivity contribution is 0.0514. The van der Waals surface area contributed by atoms with Gasteiger partial charge in [-0.25, -0.2) is 13.2 Å². The Hall–Kier alpha value is -3.13. The first kappa shape index (κ1) is 21.1. The van der Waals surface area contributed by atoms with Crippen molar-refractivity contribution in [3.8, 4) is 11.4 Å². The highest BCUT2D eigenvalue weighted by atomic mass is 32.2. The molecule has 0 atom stereocenters. The molecule has 0 amide bonds. The predicted octanol–water partition coefficient (Wildman–Crippen LogP) is 2.88. The number of H-pyrrole nitrogens is 1. The van der Waals surface area contributed by atoms with Crippen molar-refractivity contribution in [3.63, 3.8) is 0 Å². The van der Waals surface area contributed by atoms with Crippen molar-refractivity contribution in [2.45, 2.75) is 38.1 Å². The van der Waals surface area contributed by atoms with Gasteiger partial charge in [-0.1, -0.05) is 29.8 Å². The molecule has 4 rings (SSSR count). The number of hydrogen-bond acceptors (Lipinski definition) is 5. The summed E-state index contributed by atoms with van der Waals surface area (Å²) in [5.74, 6) is -0.430. The first-order valence-corrected chi connectivity index (χ1v) is 12.0. The number of benzene rings is 1. The number of hydrogen-bond donors (Lipinski definition) is 1. The van der Waals surface area contributed by atoms with E-state index in [-0.39, 0.29) is 11.5 Å². The second kappa shape index (κ2) is 7.85. The van der Waals surface area contributed by atoms with Crippen LogP contribution in [0.1, 0.15) is 39.7 Å². The topological polar surface area (TPSA) is 98.2 Å². The fourth-order valence-electron chi connectivity index (χ4n) is 4.01. The molecule has 2 aromatic heterocycles. The van der Waals surface area contributed by atoms with E-state index in [1.807, 2.05) is 41.8 Å². The summed E-state index contributed by atoms with van der Waals surface area (Å²) in [7, 11) is -3.65. The number of esters is 1. The summed E-state index contributed by atoms with van der Waals surface area (Å²) >= 11 is 0. The predicted molar refractivity (Wildman–Crippen MR) is 117 cm³/mol. The SMILES string of the molecule is CCOC(=O)c1cc2c(n1Cc1ccc(C)cc1)-c1[nH]c(=O)c(S(C)(=O)=O)cc1CC2. The van der Waals surface area contributed by atoms with Crippen LogP contribution in [0.2, 0.25) is 0 Å². The molecule has 1 aromatic carbocycles. The maximum Gasteiger partial charge on any atom is 0.354 e. The maximum atomic E-state index is 12.7. The van der Waals surface area contributed by atoms with Crippen LogP contribution in [0.5, 0.6) is 0 Å². The average Bonchev–Trinajstić information content (AvgIpc) is 3.07. The van der Waals surface area contributed by atoms with E-state index in [1.54, 1.807) is 6.92 Å². The molecule has 0 aliphatic heterocycles. The van der Waals surface area contributed by atoms with Crippen molar-refractivity contribution in [2.75, 3.05) is 12.9 Å². The zero-order valence-corrected chi connectivity index (χ0v) is 18.5. The molecule has 1 N–H and O–H groups in total. The number of pyridine rings is 1. The Bertz CT molecular complexity index is 1330. The number of rotatable bonds is 5. The van der Waals surface area contributed by atoms with Gasteiger partial charge in [-0.05, 0) is 55.5 Å². The normalized spacial score (nSPS) is 12.9. The summed E-state index contributed by atoms with van der Waals surface area (Å²) in [5, 5.41) is 0. The highest BCUT2D eigenvalue weighted by Gasteiger charge is 2.28. The van der Waals surface area contributed by atoms with E-state index in [1.165, 1.54) is 6.07 Å². The van der Waals surface area contributed by atoms with Gasteiger partial charge >= 0.3 is 5.97 Å². The van der Waals surface area contributed by atoms with Gasteiger partial charge in [0.15, 0.2) is 9.84 Å². The Morgan fingerprint density at radius 1 is 1.13 bits per heavy atom. The molecule has 2 heterocycles. The summed E-state index contributed by atoms with van der Waals surface area (Å²) in [6.45, 7) is 4.43. The van der Waals surface area contributed by atoms with Gasteiger partial charge in [0.25, 0.3) is 5.56 Å². The molecule has 0 unspecified atom stereocenters. The van der Waals surface area contributed by atoms with Gasteiger partial charge in [0.05, 0.1) is 18.0 Å². The number of aromatic nitrogens is 2. The van der Waals surface area contributed by atoms with Crippen molar-refractivity contribution >= 4 is 15.8 Å². The van der Waals surface area contributed by atoms with E-state index in [0.29, 0.717) is 30.8 Å². The molecule has 0 fully saturated rings. The van der Waals surface area contributed by atoms with Crippen LogP contribution >= 0.6 is 0 Å². The molecule has 0 saturated heterocycles. The Kier molecular flexibility index (Phi) is 5.35. The van der Waals surface area contributed by atoms with E-state index in [9.17, 15) is 18.0 Å². The minimum absolute atomic E-state index is 0.239. The van der Waals surface area contributed by atoms with Gasteiger partial charge < -0.3 is 14.3 Å². The van der Waals surface area contributed by atoms with Crippen molar-refractivity contribution < 1.29 is 17.9 Å². The van der Waals surface area contributed by atoms with Crippen LogP contribution in [-0.2, 0) is 34.0 Å². The van der Waals surface area contributed by atoms with Gasteiger partial charge in [0.1, 0.15) is 10.6 Å². The lowest BCUT2D eigenvalue weighted by atomic mass is 9.94. The molecule has 162 valence electrons. The molecule has 7 nitrogen and oxygen atoms in total. The summed E-state index contributed by atoms with van der Waals surface area (Å²) < 4.78 is 31.1. The summed E-state index contributed by atoms with van der Waals surface area (Å²) in [6.07, 6.45) is 2.22. The minimum Gasteiger partial charge on any atom is -0.461 e. The van der Waals surface area contributed by atoms with E-state index in [2.05, 4.69) is 4.98 Å². The third-order valence-electron chi connectivity index (χ3n) is 5.51. The van der Waals surface area contributed by atoms with E-state index >= 15 is 0 Å². The number of carbonyl (C=O) groups excluding carboxylic acids is 1. The Morgan fingerprint density at radius 3 is 2.45 bits per heavy atom. The monoisotopic (exact) mass is 440 g/mol. The van der Waals surface area contributed by atoms with E-state index < -0.39 is 21.4 Å². The van der Waals surface area contributed by atoms with Gasteiger partial charge in [-0.3, -0.25) is 4.79 Å². The van der Waals surface area contributed by atoms with Gasteiger partial charge in [0.2, 0.25) is 0 Å². The van der Waals surface area contributed by atoms with Crippen LogP contribution < -0.4 is 5.56 Å². The van der Waals surface area contributed by atoms with Crippen LogP contribution in [-0.4, -0.2) is 36.8 Å². The van der Waals surface area contributed by atoms with E-state index in [4.69, 9.17) is 4.74 Å². The third kappa shape index (κ3) is 3.95. The summed E-state index contributed by atoms with van der Waals surface area (Å²) in [6, 6.07) is 11.3. The van der Waals surface area contributed by atoms with Crippen LogP contribution in [0.4, 0.5) is 0 Å². The molecule has 0 radical (unpaired) electrons. The van der Waals surface area contributed by atoms with Gasteiger partial charge in [-0.2, -0.15) is 0 Å². The zero-order chi connectivity index (χ0) is 22.3. The van der Waals surface area contributed by atoms with Crippen LogP contribution in [0.15, 0.2) is 46.1 Å². The minimum atomic E-state index is -3.65. The number of nitrogens with one attached hydrogen (secondary N) is 1. The van der Waals surface area contributed by atoms with Crippen LogP contribution in [0, 0.1) is 6.92 Å². The lowest BCUT2D eigenvalue weighted by Gasteiger charge is -2.21. The fraction of sp³-hybridized carbons (Fsp3) is 0.304. The molecule has 1 aliphatic rings. The molecule has 31 heavy (non-hydrogen) atoms. The number of ether oxygens (including phenoxy) is 1. The highest BCUT2D eigenvalue weighted by Crippen LogP contribution is 2.35. The second-order valence-corrected chi connectivity index (χ2v) is 9.81. The Balaban J connectivity index is 1.92. The summed E-state index contributed by atoms with van der Waals surface area (Å²) in [4.78, 5) is 27.8. The molecule has 3 aromatic rings. The third-order valence-corrected chi connectivity index (χ3v) is 6.61. The van der Waals surface area contributed by atoms with Gasteiger partial charge in [-0.15, -0.1) is 0 Å². The molecule has 1 aliphatic carbocycles. The summed E-state index contributed by atoms with van der Waals surface area (Å²) in [5.41, 5.74) is 4.83. The number of sulfone groups is 1. The molecular formula is C23H24N2O5S. The Morgan fingerprint density at radius 2 is 1.81 bits per heavy atom. The first-order chi connectivity index (χ1) is 14.7. The Labute approximate surface area is 180 Å². The van der Waals surface area contributed by atoms with Crippen LogP contribution in [0.25, 0.3) is 11.4 Å². The average molecular weight is 441 g/mol. The molecular weight excluding hydrogens is 416 g/mol. The van der Waals surface area contributed by atoms with E-state index in [0.717, 1.165) is 34.2 Å².